The lowest BCUT2D eigenvalue weighted by Gasteiger charge is -2.12. The van der Waals surface area contributed by atoms with E-state index in [1.54, 1.807) is 0 Å². The van der Waals surface area contributed by atoms with Gasteiger partial charge in [-0.25, -0.2) is 9.18 Å². The van der Waals surface area contributed by atoms with Gasteiger partial charge in [-0.2, -0.15) is 0 Å². The van der Waals surface area contributed by atoms with Crippen LogP contribution in [0, 0.1) is 5.82 Å². The molecule has 0 aliphatic carbocycles. The van der Waals surface area contributed by atoms with Crippen molar-refractivity contribution in [1.29, 1.82) is 0 Å². The molecule has 1 aromatic rings. The van der Waals surface area contributed by atoms with Crippen LogP contribution in [0.15, 0.2) is 26.1 Å². The van der Waals surface area contributed by atoms with E-state index in [0.29, 0.717) is 27.1 Å². The van der Waals surface area contributed by atoms with E-state index in [1.165, 1.54) is 12.1 Å². The first-order chi connectivity index (χ1) is 9.56. The highest BCUT2D eigenvalue weighted by Crippen LogP contribution is 2.31. The van der Waals surface area contributed by atoms with Crippen LogP contribution in [-0.2, 0) is 0 Å². The van der Waals surface area contributed by atoms with E-state index in [0.717, 1.165) is 19.4 Å². The molecule has 0 radical (unpaired) electrons. The molecule has 116 valence electrons. The smallest absolute Gasteiger partial charge is 0.326 e. The number of anilines is 1. The molecule has 0 atom stereocenters. The number of halogens is 4. The minimum Gasteiger partial charge on any atom is -0.356 e. The second-order valence-electron chi connectivity index (χ2n) is 4.19. The number of hydrogen-bond donors (Lipinski definition) is 3. The highest BCUT2D eigenvalue weighted by molar-refractivity contribution is 9.11. The van der Waals surface area contributed by atoms with Crippen LogP contribution in [0.25, 0.3) is 0 Å². The van der Waals surface area contributed by atoms with Crippen LogP contribution < -0.4 is 16.0 Å². The number of benzene rings is 1. The molecular weight excluding hydrogens is 430 g/mol. The number of aliphatic imine (C=N–C) groups is 1. The Hall–Kier alpha value is -0.860. The van der Waals surface area contributed by atoms with Gasteiger partial charge >= 0.3 is 6.03 Å². The van der Waals surface area contributed by atoms with Crippen LogP contribution in [-0.4, -0.2) is 25.1 Å². The number of nitrogens with zero attached hydrogens (tertiary/aromatic N) is 1. The van der Waals surface area contributed by atoms with Gasteiger partial charge in [0.2, 0.25) is 0 Å². The third-order valence-corrected chi connectivity index (χ3v) is 3.88. The molecule has 3 N–H and O–H groups in total. The molecule has 0 aromatic heterocycles. The Kier molecular flexibility index (Phi) is 7.41. The molecule has 9 heteroatoms. The van der Waals surface area contributed by atoms with Gasteiger partial charge in [0.1, 0.15) is 5.82 Å². The molecule has 2 rings (SSSR count). The van der Waals surface area contributed by atoms with Crippen molar-refractivity contribution in [2.24, 2.45) is 4.99 Å². The normalized spacial score (nSPS) is 14.1. The number of carbonyl (C=O) groups is 1. The largest absolute Gasteiger partial charge is 0.356 e. The summed E-state index contributed by atoms with van der Waals surface area (Å²) in [5, 5.41) is 8.30. The van der Waals surface area contributed by atoms with Crippen LogP contribution >= 0.6 is 44.3 Å². The van der Waals surface area contributed by atoms with Gasteiger partial charge in [-0.05, 0) is 56.8 Å². The SMILES string of the molecule is Cl.O=C(NC1=NCCCCN1)Nc1c(Br)cc(F)cc1Br. The van der Waals surface area contributed by atoms with Crippen molar-refractivity contribution in [3.8, 4) is 0 Å². The average molecular weight is 445 g/mol. The van der Waals surface area contributed by atoms with Crippen molar-refractivity contribution in [2.75, 3.05) is 18.4 Å². The molecule has 2 amide bonds. The molecule has 5 nitrogen and oxygen atoms in total. The first-order valence-electron chi connectivity index (χ1n) is 6.07. The van der Waals surface area contributed by atoms with Gasteiger partial charge < -0.3 is 10.6 Å². The summed E-state index contributed by atoms with van der Waals surface area (Å²) in [6.07, 6.45) is 2.01. The molecule has 0 bridgehead atoms. The fourth-order valence-corrected chi connectivity index (χ4v) is 3.02. The highest BCUT2D eigenvalue weighted by Gasteiger charge is 2.13. The van der Waals surface area contributed by atoms with Crippen molar-refractivity contribution >= 4 is 61.9 Å². The molecule has 1 heterocycles. The van der Waals surface area contributed by atoms with Gasteiger partial charge in [0.15, 0.2) is 5.96 Å². The van der Waals surface area contributed by atoms with Crippen molar-refractivity contribution in [2.45, 2.75) is 12.8 Å². The number of hydrogen-bond acceptors (Lipinski definition) is 3. The first-order valence-corrected chi connectivity index (χ1v) is 7.66. The van der Waals surface area contributed by atoms with E-state index < -0.39 is 11.8 Å². The van der Waals surface area contributed by atoms with Crippen molar-refractivity contribution in [1.82, 2.24) is 10.6 Å². The number of rotatable bonds is 1. The predicted molar refractivity (Wildman–Crippen MR) is 90.7 cm³/mol. The third kappa shape index (κ3) is 5.44. The fourth-order valence-electron chi connectivity index (χ4n) is 1.69. The molecule has 0 spiro atoms. The van der Waals surface area contributed by atoms with E-state index >= 15 is 0 Å². The summed E-state index contributed by atoms with van der Waals surface area (Å²) in [6, 6.07) is 2.12. The van der Waals surface area contributed by atoms with Crippen LogP contribution in [0.1, 0.15) is 12.8 Å². The Morgan fingerprint density at radius 2 is 1.90 bits per heavy atom. The Labute approximate surface area is 144 Å². The number of guanidine groups is 1. The summed E-state index contributed by atoms with van der Waals surface area (Å²) in [4.78, 5) is 16.1. The summed E-state index contributed by atoms with van der Waals surface area (Å²) < 4.78 is 14.1. The van der Waals surface area contributed by atoms with Crippen LogP contribution in [0.4, 0.5) is 14.9 Å². The second-order valence-corrected chi connectivity index (χ2v) is 5.90. The van der Waals surface area contributed by atoms with Crippen LogP contribution in [0.5, 0.6) is 0 Å². The maximum Gasteiger partial charge on any atom is 0.326 e. The summed E-state index contributed by atoms with van der Waals surface area (Å²) >= 11 is 6.41. The van der Waals surface area contributed by atoms with Crippen molar-refractivity contribution < 1.29 is 9.18 Å². The van der Waals surface area contributed by atoms with E-state index in [1.807, 2.05) is 0 Å². The Morgan fingerprint density at radius 3 is 2.57 bits per heavy atom. The van der Waals surface area contributed by atoms with Gasteiger partial charge in [0.05, 0.1) is 5.69 Å². The van der Waals surface area contributed by atoms with Gasteiger partial charge in [-0.3, -0.25) is 10.3 Å². The monoisotopic (exact) mass is 442 g/mol. The standard InChI is InChI=1S/C12H13Br2FN4O.ClH/c13-8-5-7(15)6-9(14)10(8)18-12(20)19-11-16-3-1-2-4-17-11;/h5-6H,1-4H2,(H3,16,17,18,19,20);1H. The maximum absolute atomic E-state index is 13.1. The Morgan fingerprint density at radius 1 is 1.24 bits per heavy atom. The minimum atomic E-state index is -0.439. The maximum atomic E-state index is 13.1. The quantitative estimate of drug-likeness (QED) is 0.619. The molecule has 1 aliphatic heterocycles. The van der Waals surface area contributed by atoms with E-state index in [2.05, 4.69) is 52.8 Å². The van der Waals surface area contributed by atoms with Gasteiger partial charge in [0, 0.05) is 22.0 Å². The molecular formula is C12H14Br2ClFN4O. The minimum absolute atomic E-state index is 0. The van der Waals surface area contributed by atoms with Gasteiger partial charge in [-0.1, -0.05) is 0 Å². The average Bonchev–Trinajstić information content (AvgIpc) is 2.62. The van der Waals surface area contributed by atoms with Crippen LogP contribution in [0.2, 0.25) is 0 Å². The topological polar surface area (TPSA) is 65.5 Å². The molecule has 0 unspecified atom stereocenters. The number of nitrogens with one attached hydrogen (secondary N) is 3. The first kappa shape index (κ1) is 18.2. The number of amides is 2. The lowest BCUT2D eigenvalue weighted by molar-refractivity contribution is 0.256. The van der Waals surface area contributed by atoms with E-state index in [-0.39, 0.29) is 12.4 Å². The van der Waals surface area contributed by atoms with Crippen LogP contribution in [0.3, 0.4) is 0 Å². The summed E-state index contributed by atoms with van der Waals surface area (Å²) in [5.74, 6) is 0.0545. The number of urea groups is 1. The molecule has 1 aliphatic rings. The molecule has 0 saturated carbocycles. The zero-order valence-electron chi connectivity index (χ0n) is 10.9. The predicted octanol–water partition coefficient (Wildman–Crippen LogP) is 3.63. The van der Waals surface area contributed by atoms with Crippen molar-refractivity contribution in [3.05, 3.63) is 26.9 Å². The highest BCUT2D eigenvalue weighted by atomic mass is 79.9. The lowest BCUT2D eigenvalue weighted by atomic mass is 10.3. The summed E-state index contributed by atoms with van der Waals surface area (Å²) in [5.41, 5.74) is 0.457. The zero-order chi connectivity index (χ0) is 14.5. The summed E-state index contributed by atoms with van der Waals surface area (Å²) in [7, 11) is 0. The molecule has 0 saturated heterocycles. The molecule has 1 aromatic carbocycles. The lowest BCUT2D eigenvalue weighted by Crippen LogP contribution is -2.43. The Bertz CT molecular complexity index is 533. The van der Waals surface area contributed by atoms with Gasteiger partial charge in [0.25, 0.3) is 0 Å². The summed E-state index contributed by atoms with van der Waals surface area (Å²) in [6.45, 7) is 1.47. The second kappa shape index (κ2) is 8.55. The van der Waals surface area contributed by atoms with Gasteiger partial charge in [-0.15, -0.1) is 12.4 Å². The number of carbonyl (C=O) groups excluding carboxylic acids is 1. The molecule has 0 fully saturated rings. The van der Waals surface area contributed by atoms with E-state index in [4.69, 9.17) is 0 Å². The molecule has 21 heavy (non-hydrogen) atoms. The zero-order valence-corrected chi connectivity index (χ0v) is 14.9. The Balaban J connectivity index is 0.00000220. The van der Waals surface area contributed by atoms with Crippen molar-refractivity contribution in [3.63, 3.8) is 0 Å². The fraction of sp³-hybridized carbons (Fsp3) is 0.333. The van der Waals surface area contributed by atoms with E-state index in [9.17, 15) is 9.18 Å². The third-order valence-electron chi connectivity index (χ3n) is 2.62.